The maximum absolute atomic E-state index is 5.77. The summed E-state index contributed by atoms with van der Waals surface area (Å²) in [5.74, 6) is 0.763. The van der Waals surface area contributed by atoms with Crippen LogP contribution in [0, 0.1) is 0 Å². The number of aromatic nitrogens is 2. The van der Waals surface area contributed by atoms with E-state index in [1.165, 1.54) is 0 Å². The molecular formula is C10H17N3O. The molecule has 78 valence electrons. The number of hydrogen-bond donors (Lipinski definition) is 1. The largest absolute Gasteiger partial charge is 0.473 e. The average molecular weight is 195 g/mol. The summed E-state index contributed by atoms with van der Waals surface area (Å²) in [4.78, 5) is 0. The summed E-state index contributed by atoms with van der Waals surface area (Å²) in [6, 6.07) is 1.94. The van der Waals surface area contributed by atoms with Gasteiger partial charge in [-0.3, -0.25) is 4.68 Å². The zero-order valence-corrected chi connectivity index (χ0v) is 8.57. The third-order valence-electron chi connectivity index (χ3n) is 2.51. The van der Waals surface area contributed by atoms with E-state index in [0.717, 1.165) is 38.4 Å². The van der Waals surface area contributed by atoms with Gasteiger partial charge in [0.15, 0.2) is 0 Å². The summed E-state index contributed by atoms with van der Waals surface area (Å²) < 4.78 is 7.65. The quantitative estimate of drug-likeness (QED) is 0.783. The predicted octanol–water partition coefficient (Wildman–Crippen LogP) is 1.03. The molecule has 0 radical (unpaired) electrons. The molecule has 14 heavy (non-hydrogen) atoms. The van der Waals surface area contributed by atoms with Gasteiger partial charge >= 0.3 is 0 Å². The zero-order chi connectivity index (χ0) is 9.80. The van der Waals surface area contributed by atoms with Gasteiger partial charge in [-0.1, -0.05) is 0 Å². The highest BCUT2D eigenvalue weighted by molar-refractivity contribution is 5.06. The maximum atomic E-state index is 5.77. The van der Waals surface area contributed by atoms with E-state index in [-0.39, 0.29) is 0 Å². The van der Waals surface area contributed by atoms with Crippen LogP contribution in [0.4, 0.5) is 0 Å². The van der Waals surface area contributed by atoms with Gasteiger partial charge in [0.1, 0.15) is 6.10 Å². The van der Waals surface area contributed by atoms with Crippen molar-refractivity contribution in [3.05, 3.63) is 12.3 Å². The monoisotopic (exact) mass is 195 g/mol. The van der Waals surface area contributed by atoms with Gasteiger partial charge in [0.25, 0.3) is 0 Å². The van der Waals surface area contributed by atoms with Gasteiger partial charge in [0, 0.05) is 18.8 Å². The molecule has 0 aromatic carbocycles. The molecule has 1 N–H and O–H groups in total. The first-order chi connectivity index (χ1) is 6.88. The minimum atomic E-state index is 0.344. The predicted molar refractivity (Wildman–Crippen MR) is 54.4 cm³/mol. The van der Waals surface area contributed by atoms with Crippen molar-refractivity contribution in [2.24, 2.45) is 0 Å². The summed E-state index contributed by atoms with van der Waals surface area (Å²) in [7, 11) is 0. The van der Waals surface area contributed by atoms with Crippen LogP contribution >= 0.6 is 0 Å². The molecule has 1 aromatic heterocycles. The first-order valence-electron chi connectivity index (χ1n) is 5.29. The fourth-order valence-corrected chi connectivity index (χ4v) is 1.67. The van der Waals surface area contributed by atoms with E-state index in [1.807, 2.05) is 16.9 Å². The molecule has 1 aliphatic rings. The lowest BCUT2D eigenvalue weighted by atomic mass is 10.1. The van der Waals surface area contributed by atoms with Crippen molar-refractivity contribution in [3.63, 3.8) is 0 Å². The third-order valence-corrected chi connectivity index (χ3v) is 2.51. The Labute approximate surface area is 84.3 Å². The highest BCUT2D eigenvalue weighted by Gasteiger charge is 2.15. The Morgan fingerprint density at radius 2 is 2.36 bits per heavy atom. The second kappa shape index (κ2) is 4.46. The van der Waals surface area contributed by atoms with Gasteiger partial charge in [-0.25, -0.2) is 0 Å². The second-order valence-electron chi connectivity index (χ2n) is 3.58. The molecule has 0 amide bonds. The van der Waals surface area contributed by atoms with Crippen molar-refractivity contribution in [1.82, 2.24) is 15.1 Å². The number of hydrogen-bond acceptors (Lipinski definition) is 3. The van der Waals surface area contributed by atoms with Crippen molar-refractivity contribution in [3.8, 4) is 5.88 Å². The molecule has 1 fully saturated rings. The molecule has 0 aliphatic carbocycles. The summed E-state index contributed by atoms with van der Waals surface area (Å²) in [5.41, 5.74) is 0. The van der Waals surface area contributed by atoms with E-state index in [4.69, 9.17) is 4.74 Å². The van der Waals surface area contributed by atoms with Crippen LogP contribution < -0.4 is 10.1 Å². The number of piperidine rings is 1. The molecule has 4 nitrogen and oxygen atoms in total. The summed E-state index contributed by atoms with van der Waals surface area (Å²) >= 11 is 0. The van der Waals surface area contributed by atoms with Crippen LogP contribution in [-0.4, -0.2) is 29.0 Å². The Kier molecular flexibility index (Phi) is 3.03. The van der Waals surface area contributed by atoms with Crippen LogP contribution in [0.15, 0.2) is 12.3 Å². The number of rotatable bonds is 3. The smallest absolute Gasteiger partial charge is 0.232 e. The molecule has 1 aromatic rings. The fourth-order valence-electron chi connectivity index (χ4n) is 1.67. The van der Waals surface area contributed by atoms with E-state index in [2.05, 4.69) is 17.3 Å². The molecule has 0 unspecified atom stereocenters. The van der Waals surface area contributed by atoms with E-state index < -0.39 is 0 Å². The SMILES string of the molecule is CCn1ccc(OC2CCNCC2)n1. The molecule has 1 aliphatic heterocycles. The highest BCUT2D eigenvalue weighted by Crippen LogP contribution is 2.13. The van der Waals surface area contributed by atoms with Gasteiger partial charge < -0.3 is 10.1 Å². The van der Waals surface area contributed by atoms with Gasteiger partial charge in [-0.05, 0) is 32.9 Å². The molecule has 1 saturated heterocycles. The van der Waals surface area contributed by atoms with E-state index in [1.54, 1.807) is 0 Å². The standard InChI is InChI=1S/C10H17N3O/c1-2-13-8-5-10(12-13)14-9-3-6-11-7-4-9/h5,8-9,11H,2-4,6-7H2,1H3. The van der Waals surface area contributed by atoms with Crippen LogP contribution in [0.25, 0.3) is 0 Å². The molecule has 0 saturated carbocycles. The Morgan fingerprint density at radius 3 is 3.00 bits per heavy atom. The summed E-state index contributed by atoms with van der Waals surface area (Å²) in [6.45, 7) is 5.08. The summed E-state index contributed by atoms with van der Waals surface area (Å²) in [5, 5.41) is 7.61. The van der Waals surface area contributed by atoms with Gasteiger partial charge in [0.2, 0.25) is 5.88 Å². The van der Waals surface area contributed by atoms with Crippen molar-refractivity contribution < 1.29 is 4.74 Å². The van der Waals surface area contributed by atoms with E-state index in [9.17, 15) is 0 Å². The normalized spacial score (nSPS) is 18.4. The number of aryl methyl sites for hydroxylation is 1. The lowest BCUT2D eigenvalue weighted by Crippen LogP contribution is -2.34. The van der Waals surface area contributed by atoms with Crippen LogP contribution in [-0.2, 0) is 6.54 Å². The van der Waals surface area contributed by atoms with Gasteiger partial charge in [-0.15, -0.1) is 5.10 Å². The first-order valence-corrected chi connectivity index (χ1v) is 5.29. The van der Waals surface area contributed by atoms with Crippen LogP contribution in [0.5, 0.6) is 5.88 Å². The number of nitrogens with one attached hydrogen (secondary N) is 1. The Morgan fingerprint density at radius 1 is 1.57 bits per heavy atom. The lowest BCUT2D eigenvalue weighted by Gasteiger charge is -2.22. The van der Waals surface area contributed by atoms with Crippen molar-refractivity contribution in [2.45, 2.75) is 32.4 Å². The molecule has 0 bridgehead atoms. The topological polar surface area (TPSA) is 39.1 Å². The zero-order valence-electron chi connectivity index (χ0n) is 8.57. The van der Waals surface area contributed by atoms with Crippen molar-refractivity contribution in [2.75, 3.05) is 13.1 Å². The van der Waals surface area contributed by atoms with Crippen molar-refractivity contribution in [1.29, 1.82) is 0 Å². The first kappa shape index (κ1) is 9.52. The Hall–Kier alpha value is -1.03. The molecular weight excluding hydrogens is 178 g/mol. The van der Waals surface area contributed by atoms with Crippen LogP contribution in [0.2, 0.25) is 0 Å². The third kappa shape index (κ3) is 2.26. The summed E-state index contributed by atoms with van der Waals surface area (Å²) in [6.07, 6.45) is 4.46. The van der Waals surface area contributed by atoms with E-state index >= 15 is 0 Å². The highest BCUT2D eigenvalue weighted by atomic mass is 16.5. The van der Waals surface area contributed by atoms with Crippen LogP contribution in [0.3, 0.4) is 0 Å². The molecule has 0 atom stereocenters. The molecule has 0 spiro atoms. The average Bonchev–Trinajstić information content (AvgIpc) is 2.67. The molecule has 4 heteroatoms. The van der Waals surface area contributed by atoms with Gasteiger partial charge in [0.05, 0.1) is 0 Å². The molecule has 2 heterocycles. The Balaban J connectivity index is 1.89. The fraction of sp³-hybridized carbons (Fsp3) is 0.700. The number of nitrogens with zero attached hydrogens (tertiary/aromatic N) is 2. The minimum Gasteiger partial charge on any atom is -0.473 e. The molecule has 2 rings (SSSR count). The maximum Gasteiger partial charge on any atom is 0.232 e. The van der Waals surface area contributed by atoms with Gasteiger partial charge in [-0.2, -0.15) is 0 Å². The van der Waals surface area contributed by atoms with E-state index in [0.29, 0.717) is 6.10 Å². The van der Waals surface area contributed by atoms with Crippen molar-refractivity contribution >= 4 is 0 Å². The lowest BCUT2D eigenvalue weighted by molar-refractivity contribution is 0.154. The number of ether oxygens (including phenoxy) is 1. The second-order valence-corrected chi connectivity index (χ2v) is 3.58. The Bertz CT molecular complexity index is 279. The van der Waals surface area contributed by atoms with Crippen LogP contribution in [0.1, 0.15) is 19.8 Å². The minimum absolute atomic E-state index is 0.344.